The van der Waals surface area contributed by atoms with Gasteiger partial charge in [0.05, 0.1) is 4.90 Å². The Labute approximate surface area is 124 Å². The molecule has 1 heterocycles. The first-order valence-electron chi connectivity index (χ1n) is 6.57. The summed E-state index contributed by atoms with van der Waals surface area (Å²) in [5.41, 5.74) is 0.411. The van der Waals surface area contributed by atoms with Crippen LogP contribution in [-0.2, 0) is 10.0 Å². The second kappa shape index (κ2) is 5.87. The smallest absolute Gasteiger partial charge is 0.240 e. The summed E-state index contributed by atoms with van der Waals surface area (Å²) in [6, 6.07) is 6.15. The van der Waals surface area contributed by atoms with E-state index in [0.29, 0.717) is 12.1 Å². The van der Waals surface area contributed by atoms with Crippen molar-refractivity contribution < 1.29 is 13.2 Å². The third-order valence-corrected chi connectivity index (χ3v) is 6.42. The molecule has 1 aromatic carbocycles. The Morgan fingerprint density at radius 2 is 2.20 bits per heavy atom. The van der Waals surface area contributed by atoms with Gasteiger partial charge in [-0.05, 0) is 44.6 Å². The lowest BCUT2D eigenvalue weighted by Crippen LogP contribution is -2.36. The quantitative estimate of drug-likeness (QED) is 0.848. The SMILES string of the molecule is CC(=O)c1cccc(S(=O)(=O)NCC2(C)CCCS2)c1. The Bertz CT molecular complexity index is 605. The van der Waals surface area contributed by atoms with E-state index < -0.39 is 10.0 Å². The second-order valence-electron chi connectivity index (χ2n) is 5.31. The van der Waals surface area contributed by atoms with Gasteiger partial charge in [0.25, 0.3) is 0 Å². The molecule has 0 amide bonds. The molecule has 1 aliphatic heterocycles. The minimum atomic E-state index is -3.56. The molecule has 0 saturated carbocycles. The van der Waals surface area contributed by atoms with Gasteiger partial charge in [-0.15, -0.1) is 0 Å². The van der Waals surface area contributed by atoms with Crippen LogP contribution in [0.3, 0.4) is 0 Å². The maximum absolute atomic E-state index is 12.3. The van der Waals surface area contributed by atoms with Gasteiger partial charge in [0.1, 0.15) is 0 Å². The molecular formula is C14H19NO3S2. The Morgan fingerprint density at radius 3 is 2.80 bits per heavy atom. The van der Waals surface area contributed by atoms with Crippen molar-refractivity contribution in [1.82, 2.24) is 4.72 Å². The molecule has 2 rings (SSSR count). The van der Waals surface area contributed by atoms with Gasteiger partial charge in [0.2, 0.25) is 10.0 Å². The molecule has 1 saturated heterocycles. The first-order valence-corrected chi connectivity index (χ1v) is 9.04. The predicted molar refractivity (Wildman–Crippen MR) is 81.7 cm³/mol. The lowest BCUT2D eigenvalue weighted by atomic mass is 10.1. The third kappa shape index (κ3) is 3.62. The fourth-order valence-corrected chi connectivity index (χ4v) is 4.74. The standard InChI is InChI=1S/C14H19NO3S2/c1-11(16)12-5-3-6-13(9-12)20(17,18)15-10-14(2)7-4-8-19-14/h3,5-6,9,15H,4,7-8,10H2,1-2H3. The molecule has 0 aromatic heterocycles. The van der Waals surface area contributed by atoms with Crippen molar-refractivity contribution in [1.29, 1.82) is 0 Å². The number of ketones is 1. The average Bonchev–Trinajstić information content (AvgIpc) is 2.84. The Kier molecular flexibility index (Phi) is 4.56. The molecule has 1 unspecified atom stereocenters. The number of Topliss-reactive ketones (excluding diaryl/α,β-unsaturated/α-hetero) is 1. The van der Waals surface area contributed by atoms with E-state index in [4.69, 9.17) is 0 Å². The zero-order chi connectivity index (χ0) is 14.8. The molecule has 0 aliphatic carbocycles. The van der Waals surface area contributed by atoms with Crippen LogP contribution in [0.2, 0.25) is 0 Å². The van der Waals surface area contributed by atoms with E-state index in [1.54, 1.807) is 12.1 Å². The zero-order valence-corrected chi connectivity index (χ0v) is 13.3. The average molecular weight is 313 g/mol. The number of rotatable bonds is 5. The van der Waals surface area contributed by atoms with Crippen molar-refractivity contribution in [2.24, 2.45) is 0 Å². The Balaban J connectivity index is 2.14. The fraction of sp³-hybridized carbons (Fsp3) is 0.500. The highest BCUT2D eigenvalue weighted by Crippen LogP contribution is 2.37. The number of sulfonamides is 1. The molecule has 1 aromatic rings. The lowest BCUT2D eigenvalue weighted by Gasteiger charge is -2.22. The van der Waals surface area contributed by atoms with Crippen LogP contribution in [0.15, 0.2) is 29.2 Å². The molecule has 1 atom stereocenters. The van der Waals surface area contributed by atoms with E-state index >= 15 is 0 Å². The summed E-state index contributed by atoms with van der Waals surface area (Å²) in [7, 11) is -3.56. The van der Waals surface area contributed by atoms with E-state index in [0.717, 1.165) is 18.6 Å². The minimum absolute atomic E-state index is 0.0226. The Hall–Kier alpha value is -0.850. The molecule has 20 heavy (non-hydrogen) atoms. The first-order chi connectivity index (χ1) is 9.32. The van der Waals surface area contributed by atoms with Crippen LogP contribution in [0, 0.1) is 0 Å². The normalized spacial score (nSPS) is 22.9. The molecule has 0 spiro atoms. The molecule has 0 bridgehead atoms. The highest BCUT2D eigenvalue weighted by Gasteiger charge is 2.31. The van der Waals surface area contributed by atoms with Crippen LogP contribution >= 0.6 is 11.8 Å². The summed E-state index contributed by atoms with van der Waals surface area (Å²) in [6.07, 6.45) is 2.15. The molecule has 110 valence electrons. The van der Waals surface area contributed by atoms with Gasteiger partial charge in [-0.1, -0.05) is 12.1 Å². The fourth-order valence-electron chi connectivity index (χ4n) is 2.19. The molecular weight excluding hydrogens is 294 g/mol. The van der Waals surface area contributed by atoms with Gasteiger partial charge >= 0.3 is 0 Å². The molecule has 1 fully saturated rings. The van der Waals surface area contributed by atoms with E-state index in [9.17, 15) is 13.2 Å². The number of hydrogen-bond acceptors (Lipinski definition) is 4. The zero-order valence-electron chi connectivity index (χ0n) is 11.7. The van der Waals surface area contributed by atoms with Crippen molar-refractivity contribution in [3.63, 3.8) is 0 Å². The number of nitrogens with one attached hydrogen (secondary N) is 1. The number of carbonyl (C=O) groups excluding carboxylic acids is 1. The van der Waals surface area contributed by atoms with Gasteiger partial charge in [0, 0.05) is 16.9 Å². The van der Waals surface area contributed by atoms with Gasteiger partial charge in [0.15, 0.2) is 5.78 Å². The van der Waals surface area contributed by atoms with Gasteiger partial charge < -0.3 is 0 Å². The molecule has 4 nitrogen and oxygen atoms in total. The van der Waals surface area contributed by atoms with Crippen molar-refractivity contribution in [2.75, 3.05) is 12.3 Å². The van der Waals surface area contributed by atoms with Crippen LogP contribution < -0.4 is 4.72 Å². The summed E-state index contributed by atoms with van der Waals surface area (Å²) >= 11 is 1.81. The number of thioether (sulfide) groups is 1. The maximum Gasteiger partial charge on any atom is 0.240 e. The van der Waals surface area contributed by atoms with Crippen LogP contribution in [0.25, 0.3) is 0 Å². The first kappa shape index (κ1) is 15.5. The van der Waals surface area contributed by atoms with Crippen LogP contribution in [-0.4, -0.2) is 31.2 Å². The summed E-state index contributed by atoms with van der Waals surface area (Å²) in [4.78, 5) is 11.5. The maximum atomic E-state index is 12.3. The van der Waals surface area contributed by atoms with E-state index in [1.807, 2.05) is 11.8 Å². The lowest BCUT2D eigenvalue weighted by molar-refractivity contribution is 0.101. The number of carbonyl (C=O) groups is 1. The summed E-state index contributed by atoms with van der Waals surface area (Å²) < 4.78 is 27.2. The third-order valence-electron chi connectivity index (χ3n) is 3.49. The van der Waals surface area contributed by atoms with Crippen molar-refractivity contribution in [3.8, 4) is 0 Å². The van der Waals surface area contributed by atoms with E-state index in [-0.39, 0.29) is 15.4 Å². The highest BCUT2D eigenvalue weighted by molar-refractivity contribution is 8.01. The Morgan fingerprint density at radius 1 is 1.45 bits per heavy atom. The predicted octanol–water partition coefficient (Wildman–Crippen LogP) is 2.45. The van der Waals surface area contributed by atoms with Crippen molar-refractivity contribution in [3.05, 3.63) is 29.8 Å². The largest absolute Gasteiger partial charge is 0.295 e. The molecule has 1 aliphatic rings. The van der Waals surface area contributed by atoms with Gasteiger partial charge in [-0.3, -0.25) is 4.79 Å². The topological polar surface area (TPSA) is 63.2 Å². The molecule has 1 N–H and O–H groups in total. The van der Waals surface area contributed by atoms with E-state index in [2.05, 4.69) is 11.6 Å². The summed E-state index contributed by atoms with van der Waals surface area (Å²) in [5, 5.41) is 0. The van der Waals surface area contributed by atoms with Gasteiger partial charge in [-0.2, -0.15) is 11.8 Å². The van der Waals surface area contributed by atoms with E-state index in [1.165, 1.54) is 19.1 Å². The summed E-state index contributed by atoms with van der Waals surface area (Å²) in [5.74, 6) is 0.943. The van der Waals surface area contributed by atoms with Crippen molar-refractivity contribution in [2.45, 2.75) is 36.3 Å². The van der Waals surface area contributed by atoms with Crippen molar-refractivity contribution >= 4 is 27.6 Å². The van der Waals surface area contributed by atoms with Crippen LogP contribution in [0.5, 0.6) is 0 Å². The van der Waals surface area contributed by atoms with Crippen LogP contribution in [0.1, 0.15) is 37.0 Å². The number of hydrogen-bond donors (Lipinski definition) is 1. The molecule has 0 radical (unpaired) electrons. The number of benzene rings is 1. The monoisotopic (exact) mass is 313 g/mol. The molecule has 6 heteroatoms. The highest BCUT2D eigenvalue weighted by atomic mass is 32.2. The second-order valence-corrected chi connectivity index (χ2v) is 8.76. The van der Waals surface area contributed by atoms with Crippen LogP contribution in [0.4, 0.5) is 0 Å². The summed E-state index contributed by atoms with van der Waals surface area (Å²) in [6.45, 7) is 3.93. The van der Waals surface area contributed by atoms with Gasteiger partial charge in [-0.25, -0.2) is 13.1 Å². The minimum Gasteiger partial charge on any atom is -0.295 e.